The molecule has 2 fully saturated rings. The molecular weight excluding hydrogens is 258 g/mol. The van der Waals surface area contributed by atoms with E-state index in [1.54, 1.807) is 0 Å². The molecule has 1 aromatic carbocycles. The van der Waals surface area contributed by atoms with Gasteiger partial charge in [-0.3, -0.25) is 9.80 Å². The van der Waals surface area contributed by atoms with Crippen molar-refractivity contribution in [3.05, 3.63) is 35.9 Å². The van der Waals surface area contributed by atoms with Gasteiger partial charge in [0.05, 0.1) is 0 Å². The molecule has 2 saturated heterocycles. The van der Waals surface area contributed by atoms with Crippen molar-refractivity contribution < 1.29 is 0 Å². The van der Waals surface area contributed by atoms with Gasteiger partial charge in [0, 0.05) is 38.8 Å². The van der Waals surface area contributed by atoms with E-state index in [1.165, 1.54) is 51.1 Å². The van der Waals surface area contributed by atoms with Crippen LogP contribution in [0.5, 0.6) is 0 Å². The normalized spacial score (nSPS) is 24.0. The Morgan fingerprint density at radius 2 is 1.71 bits per heavy atom. The quantitative estimate of drug-likeness (QED) is 0.917. The van der Waals surface area contributed by atoms with E-state index in [2.05, 4.69) is 52.4 Å². The second-order valence-corrected chi connectivity index (χ2v) is 6.70. The summed E-state index contributed by atoms with van der Waals surface area (Å²) in [6, 6.07) is 11.7. The van der Waals surface area contributed by atoms with Crippen LogP contribution in [-0.4, -0.2) is 55.6 Å². The summed E-state index contributed by atoms with van der Waals surface area (Å²) in [5, 5.41) is 3.46. The highest BCUT2D eigenvalue weighted by Gasteiger charge is 2.26. The summed E-state index contributed by atoms with van der Waals surface area (Å²) >= 11 is 0. The number of piperidine rings is 1. The molecule has 2 aliphatic heterocycles. The number of nitrogens with one attached hydrogen (secondary N) is 1. The molecule has 3 heteroatoms. The molecule has 1 unspecified atom stereocenters. The van der Waals surface area contributed by atoms with Gasteiger partial charge in [0.15, 0.2) is 0 Å². The Kier molecular flexibility index (Phi) is 5.28. The van der Waals surface area contributed by atoms with Gasteiger partial charge in [0.1, 0.15) is 0 Å². The first kappa shape index (κ1) is 15.0. The molecule has 1 aromatic rings. The van der Waals surface area contributed by atoms with Crippen molar-refractivity contribution in [2.75, 3.05) is 45.8 Å². The minimum absolute atomic E-state index is 0.566. The highest BCUT2D eigenvalue weighted by atomic mass is 15.2. The zero-order valence-electron chi connectivity index (χ0n) is 13.3. The maximum Gasteiger partial charge on any atom is 0.0475 e. The lowest BCUT2D eigenvalue weighted by molar-refractivity contribution is 0.0969. The van der Waals surface area contributed by atoms with Crippen molar-refractivity contribution >= 4 is 0 Å². The van der Waals surface area contributed by atoms with Gasteiger partial charge in [-0.15, -0.1) is 0 Å². The summed E-state index contributed by atoms with van der Waals surface area (Å²) in [7, 11) is 0. The topological polar surface area (TPSA) is 18.5 Å². The average Bonchev–Trinajstić information content (AvgIpc) is 2.55. The first-order chi connectivity index (χ1) is 10.3. The zero-order valence-corrected chi connectivity index (χ0v) is 13.3. The molecule has 0 saturated carbocycles. The lowest BCUT2D eigenvalue weighted by Gasteiger charge is -2.40. The summed E-state index contributed by atoms with van der Waals surface area (Å²) in [4.78, 5) is 5.35. The monoisotopic (exact) mass is 287 g/mol. The lowest BCUT2D eigenvalue weighted by Crippen LogP contribution is -2.48. The first-order valence-electron chi connectivity index (χ1n) is 8.55. The van der Waals surface area contributed by atoms with Gasteiger partial charge in [-0.25, -0.2) is 0 Å². The maximum absolute atomic E-state index is 3.46. The third-order valence-corrected chi connectivity index (χ3v) is 5.08. The van der Waals surface area contributed by atoms with Crippen molar-refractivity contribution in [1.29, 1.82) is 0 Å². The van der Waals surface area contributed by atoms with Crippen LogP contribution in [0.4, 0.5) is 0 Å². The molecule has 2 aliphatic rings. The summed E-state index contributed by atoms with van der Waals surface area (Å²) in [5.74, 6) is 0.900. The predicted molar refractivity (Wildman–Crippen MR) is 88.5 cm³/mol. The minimum atomic E-state index is 0.566. The first-order valence-corrected chi connectivity index (χ1v) is 8.55. The van der Waals surface area contributed by atoms with Gasteiger partial charge in [0.2, 0.25) is 0 Å². The summed E-state index contributed by atoms with van der Waals surface area (Å²) < 4.78 is 0. The van der Waals surface area contributed by atoms with E-state index in [-0.39, 0.29) is 0 Å². The van der Waals surface area contributed by atoms with Gasteiger partial charge in [-0.05, 0) is 37.4 Å². The van der Waals surface area contributed by atoms with Crippen LogP contribution >= 0.6 is 0 Å². The van der Waals surface area contributed by atoms with Crippen LogP contribution in [-0.2, 0) is 0 Å². The number of hydrogen-bond donors (Lipinski definition) is 1. The standard InChI is InChI=1S/C18H29N3/c1-16-7-11-21(12-8-16)18(17-5-3-2-4-6-17)15-20-13-9-19-10-14-20/h2-6,16,18-19H,7-15H2,1H3. The van der Waals surface area contributed by atoms with Crippen LogP contribution in [0.3, 0.4) is 0 Å². The second-order valence-electron chi connectivity index (χ2n) is 6.70. The van der Waals surface area contributed by atoms with Crippen molar-refractivity contribution in [2.24, 2.45) is 5.92 Å². The summed E-state index contributed by atoms with van der Waals surface area (Å²) in [6.07, 6.45) is 2.70. The number of hydrogen-bond acceptors (Lipinski definition) is 3. The molecule has 1 atom stereocenters. The van der Waals surface area contributed by atoms with Gasteiger partial charge in [-0.1, -0.05) is 37.3 Å². The third-order valence-electron chi connectivity index (χ3n) is 5.08. The fraction of sp³-hybridized carbons (Fsp3) is 0.667. The van der Waals surface area contributed by atoms with E-state index in [0.717, 1.165) is 19.0 Å². The molecule has 2 heterocycles. The number of likely N-dealkylation sites (tertiary alicyclic amines) is 1. The molecule has 1 N–H and O–H groups in total. The predicted octanol–water partition coefficient (Wildman–Crippen LogP) is 2.36. The lowest BCUT2D eigenvalue weighted by atomic mass is 9.95. The van der Waals surface area contributed by atoms with Gasteiger partial charge >= 0.3 is 0 Å². The molecule has 0 aromatic heterocycles. The van der Waals surface area contributed by atoms with Crippen LogP contribution in [0.2, 0.25) is 0 Å². The van der Waals surface area contributed by atoms with Gasteiger partial charge < -0.3 is 5.32 Å². The fourth-order valence-corrected chi connectivity index (χ4v) is 3.59. The number of benzene rings is 1. The van der Waals surface area contributed by atoms with Crippen molar-refractivity contribution in [3.8, 4) is 0 Å². The van der Waals surface area contributed by atoms with Crippen LogP contribution < -0.4 is 5.32 Å². The highest BCUT2D eigenvalue weighted by molar-refractivity contribution is 5.19. The SMILES string of the molecule is CC1CCN(C(CN2CCNCC2)c2ccccc2)CC1. The summed E-state index contributed by atoms with van der Waals surface area (Å²) in [5.41, 5.74) is 1.49. The highest BCUT2D eigenvalue weighted by Crippen LogP contribution is 2.27. The molecule has 0 spiro atoms. The summed E-state index contributed by atoms with van der Waals surface area (Å²) in [6.45, 7) is 10.7. The average molecular weight is 287 g/mol. The number of nitrogens with zero attached hydrogens (tertiary/aromatic N) is 2. The van der Waals surface area contributed by atoms with Gasteiger partial charge in [0.25, 0.3) is 0 Å². The second kappa shape index (κ2) is 7.39. The van der Waals surface area contributed by atoms with Crippen LogP contribution in [0, 0.1) is 5.92 Å². The van der Waals surface area contributed by atoms with Crippen LogP contribution in [0.1, 0.15) is 31.4 Å². The van der Waals surface area contributed by atoms with Crippen LogP contribution in [0.15, 0.2) is 30.3 Å². The van der Waals surface area contributed by atoms with E-state index in [9.17, 15) is 0 Å². The van der Waals surface area contributed by atoms with E-state index in [1.807, 2.05) is 0 Å². The Bertz CT molecular complexity index is 406. The largest absolute Gasteiger partial charge is 0.314 e. The molecule has 0 radical (unpaired) electrons. The third kappa shape index (κ3) is 4.06. The molecule has 116 valence electrons. The van der Waals surface area contributed by atoms with Crippen molar-refractivity contribution in [3.63, 3.8) is 0 Å². The van der Waals surface area contributed by atoms with E-state index < -0.39 is 0 Å². The fourth-order valence-electron chi connectivity index (χ4n) is 3.59. The molecule has 0 bridgehead atoms. The Morgan fingerprint density at radius 1 is 1.05 bits per heavy atom. The Morgan fingerprint density at radius 3 is 2.38 bits per heavy atom. The van der Waals surface area contributed by atoms with E-state index >= 15 is 0 Å². The zero-order chi connectivity index (χ0) is 14.5. The Hall–Kier alpha value is -0.900. The van der Waals surface area contributed by atoms with Crippen LogP contribution in [0.25, 0.3) is 0 Å². The molecule has 21 heavy (non-hydrogen) atoms. The van der Waals surface area contributed by atoms with Crippen molar-refractivity contribution in [2.45, 2.75) is 25.8 Å². The molecular formula is C18H29N3. The molecule has 0 amide bonds. The molecule has 3 rings (SSSR count). The van der Waals surface area contributed by atoms with E-state index in [4.69, 9.17) is 0 Å². The van der Waals surface area contributed by atoms with E-state index in [0.29, 0.717) is 6.04 Å². The smallest absolute Gasteiger partial charge is 0.0475 e. The maximum atomic E-state index is 3.46. The number of rotatable bonds is 4. The Labute approximate surface area is 129 Å². The number of piperazine rings is 1. The minimum Gasteiger partial charge on any atom is -0.314 e. The molecule has 3 nitrogen and oxygen atoms in total. The van der Waals surface area contributed by atoms with Crippen molar-refractivity contribution in [1.82, 2.24) is 15.1 Å². The molecule has 0 aliphatic carbocycles. The Balaban J connectivity index is 1.71. The van der Waals surface area contributed by atoms with Gasteiger partial charge in [-0.2, -0.15) is 0 Å².